The van der Waals surface area contributed by atoms with Gasteiger partial charge in [-0.1, -0.05) is 86.7 Å². The largest absolute Gasteiger partial charge is 0.455 e. The number of rotatable bonds is 16. The summed E-state index contributed by atoms with van der Waals surface area (Å²) in [6, 6.07) is 21.0. The molecule has 0 radical (unpaired) electrons. The van der Waals surface area contributed by atoms with E-state index in [1.807, 2.05) is 86.6 Å². The van der Waals surface area contributed by atoms with Crippen LogP contribution in [-0.4, -0.2) is 77.2 Å². The van der Waals surface area contributed by atoms with E-state index in [0.717, 1.165) is 10.8 Å². The minimum atomic E-state index is -1.30. The molecule has 3 amide bonds. The van der Waals surface area contributed by atoms with Crippen molar-refractivity contribution in [1.29, 1.82) is 0 Å². The summed E-state index contributed by atoms with van der Waals surface area (Å²) < 4.78 is 12.9. The monoisotopic (exact) mass is 707 g/mol. The molecule has 6 rings (SSSR count). The van der Waals surface area contributed by atoms with Crippen molar-refractivity contribution >= 4 is 40.2 Å². The molecule has 2 bridgehead atoms. The molecular formula is C42H49N3O7. The zero-order valence-corrected chi connectivity index (χ0v) is 30.0. The number of hydrogen-bond acceptors (Lipinski definition) is 7. The van der Waals surface area contributed by atoms with Crippen LogP contribution in [0.25, 0.3) is 10.8 Å². The van der Waals surface area contributed by atoms with Crippen LogP contribution in [0.2, 0.25) is 0 Å². The summed E-state index contributed by atoms with van der Waals surface area (Å²) in [5, 5.41) is 15.6. The lowest BCUT2D eigenvalue weighted by atomic mass is 9.70. The van der Waals surface area contributed by atoms with Gasteiger partial charge in [-0.25, -0.2) is 0 Å². The molecule has 0 unspecified atom stereocenters. The number of allylic oxidation sites excluding steroid dienone is 1. The lowest BCUT2D eigenvalue weighted by molar-refractivity contribution is -0.161. The highest BCUT2D eigenvalue weighted by Crippen LogP contribution is 2.59. The Bertz CT molecular complexity index is 1810. The molecule has 3 fully saturated rings. The maximum atomic E-state index is 15.1. The molecule has 3 aromatic carbocycles. The number of fused-ring (bicyclic) bond motifs is 2. The first-order chi connectivity index (χ1) is 25.1. The fourth-order valence-corrected chi connectivity index (χ4v) is 8.44. The molecule has 3 heterocycles. The summed E-state index contributed by atoms with van der Waals surface area (Å²) in [5.74, 6) is -3.42. The summed E-state index contributed by atoms with van der Waals surface area (Å²) >= 11 is 0. The van der Waals surface area contributed by atoms with Crippen LogP contribution in [0.3, 0.4) is 0 Å². The van der Waals surface area contributed by atoms with Crippen molar-refractivity contribution in [2.75, 3.05) is 24.6 Å². The average molecular weight is 708 g/mol. The number of aliphatic hydroxyl groups excluding tert-OH is 1. The quantitative estimate of drug-likeness (QED) is 0.149. The van der Waals surface area contributed by atoms with Crippen molar-refractivity contribution in [1.82, 2.24) is 10.2 Å². The van der Waals surface area contributed by atoms with Gasteiger partial charge in [0.15, 0.2) is 0 Å². The van der Waals surface area contributed by atoms with Gasteiger partial charge in [0.05, 0.1) is 37.1 Å². The first-order valence-corrected chi connectivity index (χ1v) is 18.3. The van der Waals surface area contributed by atoms with Crippen LogP contribution in [-0.2, 0) is 28.7 Å². The number of anilines is 1. The minimum absolute atomic E-state index is 0.0458. The molecule has 2 N–H and O–H groups in total. The Kier molecular flexibility index (Phi) is 11.3. The van der Waals surface area contributed by atoms with Gasteiger partial charge in [0.25, 0.3) is 5.91 Å². The van der Waals surface area contributed by atoms with Crippen molar-refractivity contribution in [3.05, 3.63) is 104 Å². The predicted molar refractivity (Wildman–Crippen MR) is 199 cm³/mol. The molecule has 0 saturated carbocycles. The van der Waals surface area contributed by atoms with Gasteiger partial charge in [-0.05, 0) is 60.1 Å². The van der Waals surface area contributed by atoms with Gasteiger partial charge < -0.3 is 29.7 Å². The molecule has 0 aliphatic carbocycles. The number of esters is 1. The Balaban J connectivity index is 1.35. The normalized spacial score (nSPS) is 24.4. The first kappa shape index (κ1) is 37.0. The second kappa shape index (κ2) is 15.8. The van der Waals surface area contributed by atoms with Crippen LogP contribution in [0.15, 0.2) is 98.1 Å². The predicted octanol–water partition coefficient (Wildman–Crippen LogP) is 5.51. The van der Waals surface area contributed by atoms with E-state index in [-0.39, 0.29) is 43.8 Å². The number of nitrogens with one attached hydrogen (secondary N) is 1. The number of carbonyl (C=O) groups excluding carboxylic acids is 4. The van der Waals surface area contributed by atoms with Crippen LogP contribution in [0.5, 0.6) is 0 Å². The Morgan fingerprint density at radius 1 is 1.06 bits per heavy atom. The van der Waals surface area contributed by atoms with Gasteiger partial charge in [-0.3, -0.25) is 19.2 Å². The number of ether oxygens (including phenoxy) is 2. The maximum absolute atomic E-state index is 15.1. The van der Waals surface area contributed by atoms with Gasteiger partial charge in [0.1, 0.15) is 17.7 Å². The zero-order valence-electron chi connectivity index (χ0n) is 30.0. The van der Waals surface area contributed by atoms with Gasteiger partial charge in [-0.15, -0.1) is 13.2 Å². The summed E-state index contributed by atoms with van der Waals surface area (Å²) in [4.78, 5) is 59.9. The van der Waals surface area contributed by atoms with Crippen molar-refractivity contribution in [2.24, 2.45) is 17.8 Å². The highest BCUT2D eigenvalue weighted by molar-refractivity contribution is 6.05. The molecule has 10 nitrogen and oxygen atoms in total. The van der Waals surface area contributed by atoms with Crippen LogP contribution < -0.4 is 10.2 Å². The van der Waals surface area contributed by atoms with Crippen molar-refractivity contribution in [2.45, 2.75) is 75.8 Å². The fraction of sp³-hybridized carbons (Fsp3) is 0.429. The van der Waals surface area contributed by atoms with E-state index in [1.165, 1.54) is 4.90 Å². The third-order valence-corrected chi connectivity index (χ3v) is 10.7. The highest BCUT2D eigenvalue weighted by Gasteiger charge is 2.75. The maximum Gasteiger partial charge on any atom is 0.313 e. The summed E-state index contributed by atoms with van der Waals surface area (Å²) in [6.07, 6.45) is 3.94. The number of hydrogen-bond donors (Lipinski definition) is 2. The number of likely N-dealkylation sites (tertiary alicyclic amines) is 1. The average Bonchev–Trinajstić information content (AvgIpc) is 3.80. The van der Waals surface area contributed by atoms with Gasteiger partial charge >= 0.3 is 5.97 Å². The van der Waals surface area contributed by atoms with E-state index in [1.54, 1.807) is 17.1 Å². The Morgan fingerprint density at radius 2 is 1.79 bits per heavy atom. The minimum Gasteiger partial charge on any atom is -0.455 e. The second-order valence-electron chi connectivity index (χ2n) is 14.5. The standard InChI is InChI=1S/C42H49N3O7/c1-5-7-17-35(47)43-25-34(29-14-9-8-10-15-29)51-41(50)36-33-20-21-42(52-33)37(36)39(48)45(32(26-46)23-27(3)4)38(42)40(49)44(22-6-2)31-19-18-28-13-11-12-16-30(28)24-31/h5-6,8-16,18-19,24,27,32-34,36-38,46H,1-2,7,17,20-23,25-26H2,3-4H3,(H,43,47)/t32-,33+,34-,36-,37-,38+,42-/m1/s1. The summed E-state index contributed by atoms with van der Waals surface area (Å²) in [5.41, 5.74) is 0.0352. The molecule has 3 aromatic rings. The first-order valence-electron chi connectivity index (χ1n) is 18.3. The molecule has 274 valence electrons. The molecule has 52 heavy (non-hydrogen) atoms. The van der Waals surface area contributed by atoms with Crippen LogP contribution in [0, 0.1) is 17.8 Å². The number of benzene rings is 3. The summed E-state index contributed by atoms with van der Waals surface area (Å²) in [6.45, 7) is 11.5. The van der Waals surface area contributed by atoms with Crippen molar-refractivity contribution < 1.29 is 33.8 Å². The summed E-state index contributed by atoms with van der Waals surface area (Å²) in [7, 11) is 0. The fourth-order valence-electron chi connectivity index (χ4n) is 8.44. The van der Waals surface area contributed by atoms with E-state index in [4.69, 9.17) is 9.47 Å². The van der Waals surface area contributed by atoms with Gasteiger partial charge in [0, 0.05) is 18.7 Å². The smallest absolute Gasteiger partial charge is 0.313 e. The Labute approximate surface area is 305 Å². The molecule has 10 heteroatoms. The zero-order chi connectivity index (χ0) is 37.0. The molecule has 7 atom stereocenters. The second-order valence-corrected chi connectivity index (χ2v) is 14.5. The molecule has 3 saturated heterocycles. The SMILES string of the molecule is C=CCCC(=O)NC[C@@H](OC(=O)[C@@H]1[C@@H]2CC[C@]3(O2)[C@H](C(=O)N(CC=C)c2ccc4ccccc4c2)N([C@@H](CO)CC(C)C)C(=O)[C@@H]13)c1ccccc1. The van der Waals surface area contributed by atoms with Crippen molar-refractivity contribution in [3.63, 3.8) is 0 Å². The van der Waals surface area contributed by atoms with Crippen LogP contribution in [0.4, 0.5) is 5.69 Å². The lowest BCUT2D eigenvalue weighted by Crippen LogP contribution is -2.59. The third-order valence-electron chi connectivity index (χ3n) is 10.7. The highest BCUT2D eigenvalue weighted by atomic mass is 16.6. The van der Waals surface area contributed by atoms with E-state index >= 15 is 4.79 Å². The number of aliphatic hydroxyl groups is 1. The van der Waals surface area contributed by atoms with E-state index < -0.39 is 53.6 Å². The number of nitrogens with zero attached hydrogens (tertiary/aromatic N) is 2. The van der Waals surface area contributed by atoms with E-state index in [9.17, 15) is 19.5 Å². The molecular weight excluding hydrogens is 658 g/mol. The van der Waals surface area contributed by atoms with Gasteiger partial charge in [0.2, 0.25) is 11.8 Å². The lowest BCUT2D eigenvalue weighted by Gasteiger charge is -2.39. The molecule has 0 aromatic heterocycles. The number of amides is 3. The van der Waals surface area contributed by atoms with Crippen LogP contribution in [0.1, 0.15) is 57.6 Å². The molecule has 1 spiro atoms. The topological polar surface area (TPSA) is 125 Å². The van der Waals surface area contributed by atoms with E-state index in [0.29, 0.717) is 36.9 Å². The van der Waals surface area contributed by atoms with Crippen LogP contribution >= 0.6 is 0 Å². The van der Waals surface area contributed by atoms with E-state index in [2.05, 4.69) is 18.5 Å². The number of carbonyl (C=O) groups is 4. The van der Waals surface area contributed by atoms with Gasteiger partial charge in [-0.2, -0.15) is 0 Å². The molecule has 3 aliphatic heterocycles. The molecule has 3 aliphatic rings. The third kappa shape index (κ3) is 7.01. The Hall–Kier alpha value is -4.80. The Morgan fingerprint density at radius 3 is 2.48 bits per heavy atom. The van der Waals surface area contributed by atoms with Crippen molar-refractivity contribution in [3.8, 4) is 0 Å².